The van der Waals surface area contributed by atoms with Crippen LogP contribution in [0.1, 0.15) is 26.2 Å². The molecule has 2 aliphatic heterocycles. The first-order valence-electron chi connectivity index (χ1n) is 8.00. The number of carbonyl (C=O) groups is 1. The van der Waals surface area contributed by atoms with Crippen molar-refractivity contribution in [3.63, 3.8) is 0 Å². The molecule has 2 heterocycles. The molecule has 1 aromatic rings. The summed E-state index contributed by atoms with van der Waals surface area (Å²) in [5, 5.41) is 3.42. The quantitative estimate of drug-likeness (QED) is 0.918. The van der Waals surface area contributed by atoms with E-state index in [0.29, 0.717) is 11.2 Å². The van der Waals surface area contributed by atoms with Gasteiger partial charge >= 0.3 is 0 Å². The maximum absolute atomic E-state index is 13.2. The average Bonchev–Trinajstić information content (AvgIpc) is 2.95. The molecule has 1 unspecified atom stereocenters. The van der Waals surface area contributed by atoms with Gasteiger partial charge in [-0.2, -0.15) is 0 Å². The molecular weight excluding hydrogens is 319 g/mol. The Balaban J connectivity index is 0.00000192. The average molecular weight is 343 g/mol. The van der Waals surface area contributed by atoms with E-state index in [4.69, 9.17) is 4.74 Å². The number of nitrogens with one attached hydrogen (secondary N) is 1. The van der Waals surface area contributed by atoms with Gasteiger partial charge in [-0.05, 0) is 50.3 Å². The molecule has 0 radical (unpaired) electrons. The van der Waals surface area contributed by atoms with Crippen LogP contribution in [0.4, 0.5) is 4.39 Å². The molecule has 1 atom stereocenters. The number of likely N-dealkylation sites (tertiary alicyclic amines) is 1. The summed E-state index contributed by atoms with van der Waals surface area (Å²) < 4.78 is 18.7. The lowest BCUT2D eigenvalue weighted by Crippen LogP contribution is -2.48. The molecule has 6 heteroatoms. The molecule has 2 aliphatic rings. The Morgan fingerprint density at radius 3 is 2.70 bits per heavy atom. The first-order chi connectivity index (χ1) is 10.6. The predicted molar refractivity (Wildman–Crippen MR) is 89.5 cm³/mol. The van der Waals surface area contributed by atoms with Gasteiger partial charge in [-0.1, -0.05) is 6.07 Å². The molecule has 3 rings (SSSR count). The van der Waals surface area contributed by atoms with Crippen LogP contribution >= 0.6 is 12.4 Å². The zero-order valence-electron chi connectivity index (χ0n) is 13.4. The largest absolute Gasteiger partial charge is 0.481 e. The molecule has 4 nitrogen and oxygen atoms in total. The minimum Gasteiger partial charge on any atom is -0.481 e. The number of ether oxygens (including phenoxy) is 1. The standard InChI is InChI=1S/C17H23FN2O2.ClH/c1-13(22-15-4-2-3-14(18)11-15)16(21)20-9-6-17(7-10-20)5-8-19-12-17;/h2-4,11,13,19H,5-10,12H2,1H3;1H. The van der Waals surface area contributed by atoms with Crippen molar-refractivity contribution in [3.05, 3.63) is 30.1 Å². The minimum atomic E-state index is -0.586. The van der Waals surface area contributed by atoms with Crippen LogP contribution in [0.3, 0.4) is 0 Å². The molecular formula is C17H24ClFN2O2. The Kier molecular flexibility index (Phi) is 5.87. The van der Waals surface area contributed by atoms with Crippen LogP contribution in [0.25, 0.3) is 0 Å². The molecule has 1 aromatic carbocycles. The molecule has 0 bridgehead atoms. The van der Waals surface area contributed by atoms with Crippen molar-refractivity contribution in [1.29, 1.82) is 0 Å². The van der Waals surface area contributed by atoms with E-state index in [2.05, 4.69) is 5.32 Å². The fraction of sp³-hybridized carbons (Fsp3) is 0.588. The Bertz CT molecular complexity index is 539. The Labute approximate surface area is 142 Å². The summed E-state index contributed by atoms with van der Waals surface area (Å²) in [7, 11) is 0. The molecule has 1 N–H and O–H groups in total. The van der Waals surface area contributed by atoms with E-state index in [1.54, 1.807) is 19.1 Å². The van der Waals surface area contributed by atoms with E-state index in [1.165, 1.54) is 18.6 Å². The lowest BCUT2D eigenvalue weighted by molar-refractivity contribution is -0.140. The lowest BCUT2D eigenvalue weighted by atomic mass is 9.78. The van der Waals surface area contributed by atoms with Gasteiger partial charge in [0.25, 0.3) is 5.91 Å². The van der Waals surface area contributed by atoms with Crippen molar-refractivity contribution in [2.45, 2.75) is 32.3 Å². The fourth-order valence-electron chi connectivity index (χ4n) is 3.48. The normalized spacial score (nSPS) is 20.9. The number of halogens is 2. The van der Waals surface area contributed by atoms with Crippen molar-refractivity contribution >= 4 is 18.3 Å². The van der Waals surface area contributed by atoms with E-state index >= 15 is 0 Å². The molecule has 2 fully saturated rings. The molecule has 128 valence electrons. The van der Waals surface area contributed by atoms with E-state index < -0.39 is 6.10 Å². The van der Waals surface area contributed by atoms with Crippen molar-refractivity contribution < 1.29 is 13.9 Å². The van der Waals surface area contributed by atoms with E-state index in [1.807, 2.05) is 4.90 Å². The minimum absolute atomic E-state index is 0. The first kappa shape index (κ1) is 18.0. The molecule has 1 spiro atoms. The van der Waals surface area contributed by atoms with E-state index in [-0.39, 0.29) is 24.1 Å². The van der Waals surface area contributed by atoms with Gasteiger partial charge in [-0.3, -0.25) is 4.79 Å². The topological polar surface area (TPSA) is 41.6 Å². The number of carbonyl (C=O) groups excluding carboxylic acids is 1. The Morgan fingerprint density at radius 1 is 1.35 bits per heavy atom. The Hall–Kier alpha value is -1.33. The predicted octanol–water partition coefficient (Wildman–Crippen LogP) is 2.62. The first-order valence-corrected chi connectivity index (χ1v) is 8.00. The number of piperidine rings is 1. The van der Waals surface area contributed by atoms with Gasteiger partial charge in [0.2, 0.25) is 0 Å². The van der Waals surface area contributed by atoms with Crippen LogP contribution in [-0.2, 0) is 4.79 Å². The zero-order valence-corrected chi connectivity index (χ0v) is 14.2. The third kappa shape index (κ3) is 4.15. The Morgan fingerprint density at radius 2 is 2.09 bits per heavy atom. The monoisotopic (exact) mass is 342 g/mol. The molecule has 2 saturated heterocycles. The summed E-state index contributed by atoms with van der Waals surface area (Å²) in [6.07, 6.45) is 2.74. The highest BCUT2D eigenvalue weighted by Gasteiger charge is 2.38. The summed E-state index contributed by atoms with van der Waals surface area (Å²) >= 11 is 0. The SMILES string of the molecule is CC(Oc1cccc(F)c1)C(=O)N1CCC2(CCNC2)CC1.Cl. The second-order valence-corrected chi connectivity index (χ2v) is 6.47. The highest BCUT2D eigenvalue weighted by atomic mass is 35.5. The van der Waals surface area contributed by atoms with Crippen molar-refractivity contribution in [3.8, 4) is 5.75 Å². The summed E-state index contributed by atoms with van der Waals surface area (Å²) in [6.45, 7) is 5.47. The van der Waals surface area contributed by atoms with Crippen molar-refractivity contribution in [1.82, 2.24) is 10.2 Å². The summed E-state index contributed by atoms with van der Waals surface area (Å²) in [5.41, 5.74) is 0.392. The maximum atomic E-state index is 13.2. The fourth-order valence-corrected chi connectivity index (χ4v) is 3.48. The second-order valence-electron chi connectivity index (χ2n) is 6.47. The van der Waals surface area contributed by atoms with E-state index in [9.17, 15) is 9.18 Å². The highest BCUT2D eigenvalue weighted by Crippen LogP contribution is 2.37. The lowest BCUT2D eigenvalue weighted by Gasteiger charge is -2.39. The molecule has 0 aliphatic carbocycles. The van der Waals surface area contributed by atoms with Gasteiger partial charge in [0.1, 0.15) is 11.6 Å². The third-order valence-corrected chi connectivity index (χ3v) is 4.92. The summed E-state index contributed by atoms with van der Waals surface area (Å²) in [5.74, 6) is 0.0326. The van der Waals surface area contributed by atoms with Crippen LogP contribution < -0.4 is 10.1 Å². The number of rotatable bonds is 3. The summed E-state index contributed by atoms with van der Waals surface area (Å²) in [4.78, 5) is 14.4. The third-order valence-electron chi connectivity index (χ3n) is 4.92. The molecule has 0 aromatic heterocycles. The van der Waals surface area contributed by atoms with Gasteiger partial charge in [-0.25, -0.2) is 4.39 Å². The number of hydrogen-bond acceptors (Lipinski definition) is 3. The van der Waals surface area contributed by atoms with Gasteiger partial charge < -0.3 is 15.0 Å². The van der Waals surface area contributed by atoms with Crippen LogP contribution in [0.5, 0.6) is 5.75 Å². The number of amides is 1. The molecule has 0 saturated carbocycles. The van der Waals surface area contributed by atoms with Crippen LogP contribution in [0.15, 0.2) is 24.3 Å². The van der Waals surface area contributed by atoms with Crippen LogP contribution in [0.2, 0.25) is 0 Å². The van der Waals surface area contributed by atoms with Gasteiger partial charge in [0, 0.05) is 25.7 Å². The van der Waals surface area contributed by atoms with Gasteiger partial charge in [-0.15, -0.1) is 12.4 Å². The number of hydrogen-bond donors (Lipinski definition) is 1. The molecule has 23 heavy (non-hydrogen) atoms. The maximum Gasteiger partial charge on any atom is 0.263 e. The van der Waals surface area contributed by atoms with Crippen molar-refractivity contribution in [2.24, 2.45) is 5.41 Å². The molecule has 1 amide bonds. The van der Waals surface area contributed by atoms with Crippen molar-refractivity contribution in [2.75, 3.05) is 26.2 Å². The van der Waals surface area contributed by atoms with Gasteiger partial charge in [0.15, 0.2) is 6.10 Å². The number of benzene rings is 1. The smallest absolute Gasteiger partial charge is 0.263 e. The second kappa shape index (κ2) is 7.49. The summed E-state index contributed by atoms with van der Waals surface area (Å²) in [6, 6.07) is 5.92. The van der Waals surface area contributed by atoms with E-state index in [0.717, 1.165) is 39.0 Å². The zero-order chi connectivity index (χ0) is 15.6. The highest BCUT2D eigenvalue weighted by molar-refractivity contribution is 5.85. The van der Waals surface area contributed by atoms with Gasteiger partial charge in [0.05, 0.1) is 0 Å². The van der Waals surface area contributed by atoms with Crippen LogP contribution in [0, 0.1) is 11.2 Å². The number of nitrogens with zero attached hydrogens (tertiary/aromatic N) is 1. The van der Waals surface area contributed by atoms with Crippen LogP contribution in [-0.4, -0.2) is 43.1 Å².